The number of nitrogens with one attached hydrogen (secondary N) is 1. The molecule has 2 aromatic carbocycles. The molecule has 6 nitrogen and oxygen atoms in total. The Balaban J connectivity index is 2.04. The zero-order chi connectivity index (χ0) is 18.9. The predicted molar refractivity (Wildman–Crippen MR) is 100 cm³/mol. The number of rotatable bonds is 5. The average Bonchev–Trinajstić information content (AvgIpc) is 2.96. The van der Waals surface area contributed by atoms with E-state index in [0.29, 0.717) is 5.56 Å². The van der Waals surface area contributed by atoms with Crippen LogP contribution in [0.1, 0.15) is 29.8 Å². The van der Waals surface area contributed by atoms with E-state index < -0.39 is 10.0 Å². The average molecular weight is 374 g/mol. The molecule has 0 spiro atoms. The highest BCUT2D eigenvalue weighted by Gasteiger charge is 2.32. The van der Waals surface area contributed by atoms with Crippen molar-refractivity contribution in [1.82, 2.24) is 4.72 Å². The maximum Gasteiger partial charge on any atom is 0.258 e. The minimum Gasteiger partial charge on any atom is -0.495 e. The second-order valence-electron chi connectivity index (χ2n) is 6.22. The summed E-state index contributed by atoms with van der Waals surface area (Å²) in [5.41, 5.74) is 2.30. The van der Waals surface area contributed by atoms with Crippen molar-refractivity contribution in [3.05, 3.63) is 53.6 Å². The number of carbonyl (C=O) groups excluding carboxylic acids is 1. The van der Waals surface area contributed by atoms with E-state index in [0.717, 1.165) is 17.7 Å². The van der Waals surface area contributed by atoms with Gasteiger partial charge in [0.2, 0.25) is 10.0 Å². The first-order valence-electron chi connectivity index (χ1n) is 8.48. The number of hydrogen-bond donors (Lipinski definition) is 1. The van der Waals surface area contributed by atoms with Crippen LogP contribution in [-0.4, -0.2) is 34.0 Å². The molecule has 0 bridgehead atoms. The highest BCUT2D eigenvalue weighted by Crippen LogP contribution is 2.34. The molecular weight excluding hydrogens is 352 g/mol. The minimum atomic E-state index is -3.75. The summed E-state index contributed by atoms with van der Waals surface area (Å²) in [7, 11) is -2.35. The lowest BCUT2D eigenvalue weighted by Crippen LogP contribution is -2.36. The second-order valence-corrected chi connectivity index (χ2v) is 7.96. The van der Waals surface area contributed by atoms with Crippen molar-refractivity contribution < 1.29 is 17.9 Å². The van der Waals surface area contributed by atoms with Gasteiger partial charge in [0.05, 0.1) is 7.11 Å². The summed E-state index contributed by atoms with van der Waals surface area (Å²) in [4.78, 5) is 14.8. The minimum absolute atomic E-state index is 0.0100. The molecule has 1 N–H and O–H groups in total. The van der Waals surface area contributed by atoms with Crippen LogP contribution in [0.3, 0.4) is 0 Å². The van der Waals surface area contributed by atoms with Crippen molar-refractivity contribution in [2.24, 2.45) is 0 Å². The fourth-order valence-electron chi connectivity index (χ4n) is 3.30. The number of para-hydroxylation sites is 1. The number of anilines is 1. The Hall–Kier alpha value is -2.38. The van der Waals surface area contributed by atoms with Gasteiger partial charge in [-0.25, -0.2) is 13.1 Å². The Morgan fingerprint density at radius 1 is 1.27 bits per heavy atom. The Labute approximate surface area is 153 Å². The number of sulfonamides is 1. The lowest BCUT2D eigenvalue weighted by atomic mass is 10.1. The quantitative estimate of drug-likeness (QED) is 0.873. The summed E-state index contributed by atoms with van der Waals surface area (Å²) >= 11 is 0. The molecule has 1 heterocycles. The first-order valence-corrected chi connectivity index (χ1v) is 9.96. The first-order chi connectivity index (χ1) is 12.4. The third kappa shape index (κ3) is 3.20. The van der Waals surface area contributed by atoms with Gasteiger partial charge in [-0.1, -0.05) is 25.1 Å². The van der Waals surface area contributed by atoms with E-state index in [2.05, 4.69) is 4.72 Å². The predicted octanol–water partition coefficient (Wildman–Crippen LogP) is 2.58. The van der Waals surface area contributed by atoms with Crippen molar-refractivity contribution >= 4 is 21.6 Å². The molecule has 1 aliphatic heterocycles. The molecule has 3 rings (SSSR count). The zero-order valence-electron chi connectivity index (χ0n) is 15.0. The summed E-state index contributed by atoms with van der Waals surface area (Å²) in [5, 5.41) is 0. The fourth-order valence-corrected chi connectivity index (χ4v) is 4.54. The molecule has 1 amide bonds. The van der Waals surface area contributed by atoms with Crippen molar-refractivity contribution in [2.75, 3.05) is 18.6 Å². The first kappa shape index (κ1) is 18.4. The molecule has 0 aromatic heterocycles. The van der Waals surface area contributed by atoms with Crippen LogP contribution in [0.5, 0.6) is 5.75 Å². The van der Waals surface area contributed by atoms with Crippen LogP contribution in [0.4, 0.5) is 5.69 Å². The van der Waals surface area contributed by atoms with E-state index in [4.69, 9.17) is 4.74 Å². The second kappa shape index (κ2) is 7.09. The van der Waals surface area contributed by atoms with Gasteiger partial charge in [0, 0.05) is 23.8 Å². The fraction of sp³-hybridized carbons (Fsp3) is 0.316. The molecular formula is C19H22N2O4S. The largest absolute Gasteiger partial charge is 0.495 e. The van der Waals surface area contributed by atoms with Gasteiger partial charge >= 0.3 is 0 Å². The number of nitrogens with zero attached hydrogens (tertiary/aromatic N) is 1. The zero-order valence-corrected chi connectivity index (χ0v) is 15.8. The van der Waals surface area contributed by atoms with Crippen molar-refractivity contribution in [3.63, 3.8) is 0 Å². The van der Waals surface area contributed by atoms with E-state index in [1.54, 1.807) is 17.9 Å². The number of amides is 1. The third-order valence-corrected chi connectivity index (χ3v) is 6.03. The lowest BCUT2D eigenvalue weighted by Gasteiger charge is -2.23. The van der Waals surface area contributed by atoms with Gasteiger partial charge in [0.15, 0.2) is 0 Å². The summed E-state index contributed by atoms with van der Waals surface area (Å²) in [5.74, 6) is -0.0181. The van der Waals surface area contributed by atoms with E-state index in [-0.39, 0.29) is 29.1 Å². The van der Waals surface area contributed by atoms with Crippen molar-refractivity contribution in [2.45, 2.75) is 31.2 Å². The molecule has 0 saturated carbocycles. The van der Waals surface area contributed by atoms with Gasteiger partial charge in [-0.3, -0.25) is 4.79 Å². The maximum atomic E-state index is 13.1. The topological polar surface area (TPSA) is 75.7 Å². The standard InChI is InChI=1S/C19H22N2O4S/c1-4-20-26(23,24)18-12-15(9-10-17(18)25-3)19(22)21-13(2)11-14-7-5-6-8-16(14)21/h5-10,12-13,20H,4,11H2,1-3H3. The molecule has 138 valence electrons. The van der Waals surface area contributed by atoms with E-state index in [1.807, 2.05) is 31.2 Å². The molecule has 1 aliphatic rings. The molecule has 0 saturated heterocycles. The summed E-state index contributed by atoms with van der Waals surface area (Å²) in [6, 6.07) is 12.3. The van der Waals surface area contributed by atoms with Crippen LogP contribution < -0.4 is 14.4 Å². The van der Waals surface area contributed by atoms with Gasteiger partial charge in [-0.05, 0) is 43.2 Å². The Morgan fingerprint density at radius 3 is 2.69 bits per heavy atom. The molecule has 0 fully saturated rings. The van der Waals surface area contributed by atoms with Crippen LogP contribution >= 0.6 is 0 Å². The van der Waals surface area contributed by atoms with Gasteiger partial charge in [-0.15, -0.1) is 0 Å². The molecule has 7 heteroatoms. The highest BCUT2D eigenvalue weighted by atomic mass is 32.2. The lowest BCUT2D eigenvalue weighted by molar-refractivity contribution is 0.0981. The number of methoxy groups -OCH3 is 1. The Kier molecular flexibility index (Phi) is 5.02. The third-order valence-electron chi connectivity index (χ3n) is 4.46. The SMILES string of the molecule is CCNS(=O)(=O)c1cc(C(=O)N2c3ccccc3CC2C)ccc1OC. The number of carbonyl (C=O) groups is 1. The van der Waals surface area contributed by atoms with E-state index >= 15 is 0 Å². The van der Waals surface area contributed by atoms with E-state index in [1.165, 1.54) is 19.2 Å². The number of fused-ring (bicyclic) bond motifs is 1. The van der Waals surface area contributed by atoms with Crippen LogP contribution in [0.25, 0.3) is 0 Å². The van der Waals surface area contributed by atoms with Crippen molar-refractivity contribution in [3.8, 4) is 5.75 Å². The number of hydrogen-bond acceptors (Lipinski definition) is 4. The monoisotopic (exact) mass is 374 g/mol. The van der Waals surface area contributed by atoms with E-state index in [9.17, 15) is 13.2 Å². The molecule has 0 aliphatic carbocycles. The van der Waals surface area contributed by atoms with Crippen LogP contribution in [0, 0.1) is 0 Å². The molecule has 2 aromatic rings. The van der Waals surface area contributed by atoms with Crippen LogP contribution in [-0.2, 0) is 16.4 Å². The molecule has 0 radical (unpaired) electrons. The van der Waals surface area contributed by atoms with Crippen LogP contribution in [0.2, 0.25) is 0 Å². The van der Waals surface area contributed by atoms with Gasteiger partial charge < -0.3 is 9.64 Å². The smallest absolute Gasteiger partial charge is 0.258 e. The Bertz CT molecular complexity index is 940. The maximum absolute atomic E-state index is 13.1. The molecule has 1 atom stereocenters. The molecule has 26 heavy (non-hydrogen) atoms. The van der Waals surface area contributed by atoms with Gasteiger partial charge in [0.1, 0.15) is 10.6 Å². The summed E-state index contributed by atoms with van der Waals surface area (Å²) in [6.45, 7) is 3.93. The van der Waals surface area contributed by atoms with Gasteiger partial charge in [0.25, 0.3) is 5.91 Å². The highest BCUT2D eigenvalue weighted by molar-refractivity contribution is 7.89. The normalized spacial score (nSPS) is 16.4. The summed E-state index contributed by atoms with van der Waals surface area (Å²) < 4.78 is 32.5. The summed E-state index contributed by atoms with van der Waals surface area (Å²) in [6.07, 6.45) is 0.778. The van der Waals surface area contributed by atoms with Gasteiger partial charge in [-0.2, -0.15) is 0 Å². The van der Waals surface area contributed by atoms with Crippen molar-refractivity contribution in [1.29, 1.82) is 0 Å². The van der Waals surface area contributed by atoms with Crippen LogP contribution in [0.15, 0.2) is 47.4 Å². The number of ether oxygens (including phenoxy) is 1. The Morgan fingerprint density at radius 2 is 2.00 bits per heavy atom. The molecule has 1 unspecified atom stereocenters. The number of benzene rings is 2.